The summed E-state index contributed by atoms with van der Waals surface area (Å²) in [6.45, 7) is 1.78. The number of aryl methyl sites for hydroxylation is 1. The van der Waals surface area contributed by atoms with Crippen molar-refractivity contribution in [3.63, 3.8) is 0 Å². The van der Waals surface area contributed by atoms with E-state index in [9.17, 15) is 13.2 Å². The molecule has 0 N–H and O–H groups in total. The highest BCUT2D eigenvalue weighted by atomic mass is 19.4. The third-order valence-corrected chi connectivity index (χ3v) is 2.60. The lowest BCUT2D eigenvalue weighted by Gasteiger charge is -2.12. The maximum atomic E-state index is 12.6. The summed E-state index contributed by atoms with van der Waals surface area (Å²) in [5.41, 5.74) is 0.918. The molecule has 0 aliphatic rings. The maximum Gasteiger partial charge on any atom is 0.416 e. The number of halogens is 3. The summed E-state index contributed by atoms with van der Waals surface area (Å²) in [5, 5.41) is 7.81. The molecule has 0 aliphatic heterocycles. The van der Waals surface area contributed by atoms with E-state index in [-0.39, 0.29) is 5.75 Å². The number of ether oxygens (including phenoxy) is 1. The van der Waals surface area contributed by atoms with Gasteiger partial charge in [0.2, 0.25) is 0 Å². The molecular weight excluding hydrogens is 257 g/mol. The average molecular weight is 268 g/mol. The Bertz CT molecular complexity index is 579. The molecule has 0 atom stereocenters. The minimum Gasteiger partial charge on any atom is -0.496 e. The van der Waals surface area contributed by atoms with Crippen LogP contribution in [0.4, 0.5) is 13.2 Å². The molecule has 6 heteroatoms. The molecule has 2 aromatic rings. The van der Waals surface area contributed by atoms with E-state index in [1.165, 1.54) is 13.2 Å². The van der Waals surface area contributed by atoms with Crippen LogP contribution in [0.3, 0.4) is 0 Å². The molecule has 0 bridgehead atoms. The summed E-state index contributed by atoms with van der Waals surface area (Å²) in [6.07, 6.45) is -4.40. The lowest BCUT2D eigenvalue weighted by molar-refractivity contribution is -0.137. The average Bonchev–Trinajstić information content (AvgIpc) is 2.38. The minimum atomic E-state index is -4.40. The van der Waals surface area contributed by atoms with Crippen LogP contribution in [0, 0.1) is 6.92 Å². The summed E-state index contributed by atoms with van der Waals surface area (Å²) in [7, 11) is 1.32. The fourth-order valence-electron chi connectivity index (χ4n) is 1.62. The summed E-state index contributed by atoms with van der Waals surface area (Å²) < 4.78 is 42.8. The zero-order valence-corrected chi connectivity index (χ0v) is 10.3. The van der Waals surface area contributed by atoms with Crippen molar-refractivity contribution in [1.82, 2.24) is 10.2 Å². The van der Waals surface area contributed by atoms with Crippen LogP contribution in [-0.4, -0.2) is 17.3 Å². The molecule has 0 radical (unpaired) electrons. The fraction of sp³-hybridized carbons (Fsp3) is 0.231. The van der Waals surface area contributed by atoms with E-state index in [2.05, 4.69) is 10.2 Å². The van der Waals surface area contributed by atoms with Gasteiger partial charge >= 0.3 is 6.18 Å². The van der Waals surface area contributed by atoms with Crippen LogP contribution in [0.25, 0.3) is 11.3 Å². The molecule has 100 valence electrons. The first-order valence-corrected chi connectivity index (χ1v) is 5.48. The summed E-state index contributed by atoms with van der Waals surface area (Å²) in [4.78, 5) is 0. The molecule has 0 amide bonds. The van der Waals surface area contributed by atoms with Crippen LogP contribution in [0.5, 0.6) is 5.75 Å². The quantitative estimate of drug-likeness (QED) is 0.836. The van der Waals surface area contributed by atoms with Crippen LogP contribution < -0.4 is 4.74 Å². The Morgan fingerprint density at radius 3 is 2.32 bits per heavy atom. The summed E-state index contributed by atoms with van der Waals surface area (Å²) in [5.74, 6) is 0.118. The molecule has 19 heavy (non-hydrogen) atoms. The molecule has 1 heterocycles. The Hall–Kier alpha value is -2.11. The molecule has 2 rings (SSSR count). The Labute approximate surface area is 108 Å². The van der Waals surface area contributed by atoms with Gasteiger partial charge in [-0.1, -0.05) is 0 Å². The van der Waals surface area contributed by atoms with Crippen molar-refractivity contribution in [1.29, 1.82) is 0 Å². The van der Waals surface area contributed by atoms with Gasteiger partial charge < -0.3 is 4.74 Å². The van der Waals surface area contributed by atoms with Gasteiger partial charge in [-0.05, 0) is 37.3 Å². The van der Waals surface area contributed by atoms with Crippen LogP contribution in [0.1, 0.15) is 11.3 Å². The first-order valence-electron chi connectivity index (χ1n) is 5.48. The lowest BCUT2D eigenvalue weighted by Crippen LogP contribution is -2.05. The van der Waals surface area contributed by atoms with Gasteiger partial charge in [-0.25, -0.2) is 0 Å². The second-order valence-electron chi connectivity index (χ2n) is 3.97. The fourth-order valence-corrected chi connectivity index (χ4v) is 1.62. The first kappa shape index (κ1) is 13.3. The van der Waals surface area contributed by atoms with E-state index >= 15 is 0 Å². The molecule has 0 spiro atoms. The Balaban J connectivity index is 2.50. The van der Waals surface area contributed by atoms with Crippen LogP contribution in [0.15, 0.2) is 30.3 Å². The van der Waals surface area contributed by atoms with E-state index in [4.69, 9.17) is 4.74 Å². The van der Waals surface area contributed by atoms with Gasteiger partial charge in [0.25, 0.3) is 0 Å². The minimum absolute atomic E-state index is 0.118. The van der Waals surface area contributed by atoms with Gasteiger partial charge in [-0.3, -0.25) is 0 Å². The maximum absolute atomic E-state index is 12.6. The summed E-state index contributed by atoms with van der Waals surface area (Å²) >= 11 is 0. The van der Waals surface area contributed by atoms with Gasteiger partial charge in [0.05, 0.1) is 24.1 Å². The van der Waals surface area contributed by atoms with Gasteiger partial charge in [0, 0.05) is 5.56 Å². The smallest absolute Gasteiger partial charge is 0.416 e. The predicted octanol–water partition coefficient (Wildman–Crippen LogP) is 3.48. The van der Waals surface area contributed by atoms with E-state index in [1.807, 2.05) is 0 Å². The van der Waals surface area contributed by atoms with Gasteiger partial charge in [-0.15, -0.1) is 0 Å². The normalized spacial score (nSPS) is 11.4. The number of aromatic nitrogens is 2. The highest BCUT2D eigenvalue weighted by Gasteiger charge is 2.31. The monoisotopic (exact) mass is 268 g/mol. The SMILES string of the molecule is COc1cc(C(F)(F)F)ccc1-c1ccc(C)nn1. The number of methoxy groups -OCH3 is 1. The van der Waals surface area contributed by atoms with Crippen LogP contribution in [0.2, 0.25) is 0 Å². The molecule has 3 nitrogen and oxygen atoms in total. The number of benzene rings is 1. The van der Waals surface area contributed by atoms with Crippen molar-refractivity contribution in [2.24, 2.45) is 0 Å². The highest BCUT2D eigenvalue weighted by molar-refractivity contribution is 5.67. The van der Waals surface area contributed by atoms with Gasteiger partial charge in [-0.2, -0.15) is 23.4 Å². The van der Waals surface area contributed by atoms with E-state index in [1.54, 1.807) is 19.1 Å². The van der Waals surface area contributed by atoms with E-state index in [0.29, 0.717) is 11.3 Å². The summed E-state index contributed by atoms with van der Waals surface area (Å²) in [6, 6.07) is 6.71. The van der Waals surface area contributed by atoms with Crippen LogP contribution in [-0.2, 0) is 6.18 Å². The van der Waals surface area contributed by atoms with Crippen molar-refractivity contribution >= 4 is 0 Å². The second kappa shape index (κ2) is 4.87. The number of hydrogen-bond acceptors (Lipinski definition) is 3. The third-order valence-electron chi connectivity index (χ3n) is 2.60. The van der Waals surface area contributed by atoms with Crippen molar-refractivity contribution in [2.45, 2.75) is 13.1 Å². The Kier molecular flexibility index (Phi) is 3.42. The molecule has 0 saturated carbocycles. The number of rotatable bonds is 2. The van der Waals surface area contributed by atoms with Crippen molar-refractivity contribution < 1.29 is 17.9 Å². The number of alkyl halides is 3. The highest BCUT2D eigenvalue weighted by Crippen LogP contribution is 2.36. The molecule has 0 unspecified atom stereocenters. The largest absolute Gasteiger partial charge is 0.496 e. The standard InChI is InChI=1S/C13H11F3N2O/c1-8-3-6-11(18-17-8)10-5-4-9(13(14,15)16)7-12(10)19-2/h3-7H,1-2H3. The third kappa shape index (κ3) is 2.83. The Morgan fingerprint density at radius 2 is 1.79 bits per heavy atom. The van der Waals surface area contributed by atoms with Crippen molar-refractivity contribution in [2.75, 3.05) is 7.11 Å². The predicted molar refractivity (Wildman–Crippen MR) is 63.8 cm³/mol. The number of nitrogens with zero attached hydrogens (tertiary/aromatic N) is 2. The zero-order valence-electron chi connectivity index (χ0n) is 10.3. The lowest BCUT2D eigenvalue weighted by atomic mass is 10.1. The molecule has 1 aromatic heterocycles. The molecule has 0 saturated heterocycles. The van der Waals surface area contributed by atoms with Crippen LogP contribution >= 0.6 is 0 Å². The topological polar surface area (TPSA) is 35.0 Å². The number of hydrogen-bond donors (Lipinski definition) is 0. The molecule has 0 fully saturated rings. The van der Waals surface area contributed by atoms with Gasteiger partial charge in [0.15, 0.2) is 0 Å². The van der Waals surface area contributed by atoms with E-state index < -0.39 is 11.7 Å². The molecular formula is C13H11F3N2O. The van der Waals surface area contributed by atoms with E-state index in [0.717, 1.165) is 17.8 Å². The van der Waals surface area contributed by atoms with Crippen molar-refractivity contribution in [3.05, 3.63) is 41.6 Å². The molecule has 1 aromatic carbocycles. The second-order valence-corrected chi connectivity index (χ2v) is 3.97. The zero-order chi connectivity index (χ0) is 14.0. The first-order chi connectivity index (χ1) is 8.91. The Morgan fingerprint density at radius 1 is 1.05 bits per heavy atom. The van der Waals surface area contributed by atoms with Gasteiger partial charge in [0.1, 0.15) is 5.75 Å². The molecule has 0 aliphatic carbocycles. The van der Waals surface area contributed by atoms with Crippen molar-refractivity contribution in [3.8, 4) is 17.0 Å².